The summed E-state index contributed by atoms with van der Waals surface area (Å²) in [6, 6.07) is 6.04. The average Bonchev–Trinajstić information content (AvgIpc) is 3.41. The summed E-state index contributed by atoms with van der Waals surface area (Å²) in [4.78, 5) is 12.5. The van der Waals surface area contributed by atoms with Crippen molar-refractivity contribution in [3.63, 3.8) is 0 Å². The second kappa shape index (κ2) is 7.47. The van der Waals surface area contributed by atoms with E-state index in [4.69, 9.17) is 4.74 Å². The molecule has 2 aliphatic rings. The van der Waals surface area contributed by atoms with Gasteiger partial charge in [0, 0.05) is 0 Å². The van der Waals surface area contributed by atoms with Crippen molar-refractivity contribution in [2.24, 2.45) is 5.92 Å². The SMILES string of the molecule is CCOC(=O)C(=C[C@H]1C[C@@H](F)[C@@H](F)C1)c1ccc(S(=O)(=O)C2CC2)cc1. The van der Waals surface area contributed by atoms with Crippen molar-refractivity contribution >= 4 is 21.4 Å². The number of alkyl halides is 2. The first-order chi connectivity index (χ1) is 12.3. The maximum absolute atomic E-state index is 13.4. The van der Waals surface area contributed by atoms with E-state index >= 15 is 0 Å². The fourth-order valence-corrected chi connectivity index (χ4v) is 4.88. The molecular formula is C19H22F2O4S. The Balaban J connectivity index is 1.88. The first-order valence-electron chi connectivity index (χ1n) is 8.84. The Kier molecular flexibility index (Phi) is 5.46. The van der Waals surface area contributed by atoms with Crippen LogP contribution in [-0.4, -0.2) is 38.6 Å². The number of esters is 1. The highest BCUT2D eigenvalue weighted by atomic mass is 32.2. The third-order valence-electron chi connectivity index (χ3n) is 4.80. The van der Waals surface area contributed by atoms with Crippen molar-refractivity contribution in [2.75, 3.05) is 6.61 Å². The summed E-state index contributed by atoms with van der Waals surface area (Å²) in [5.74, 6) is -0.975. The van der Waals surface area contributed by atoms with Gasteiger partial charge in [0.15, 0.2) is 9.84 Å². The Morgan fingerprint density at radius 3 is 2.23 bits per heavy atom. The lowest BCUT2D eigenvalue weighted by Gasteiger charge is -2.11. The Morgan fingerprint density at radius 1 is 1.15 bits per heavy atom. The number of hydrogen-bond acceptors (Lipinski definition) is 4. The molecule has 4 nitrogen and oxygen atoms in total. The van der Waals surface area contributed by atoms with Crippen LogP contribution in [0.5, 0.6) is 0 Å². The van der Waals surface area contributed by atoms with Gasteiger partial charge in [0.1, 0.15) is 12.3 Å². The predicted molar refractivity (Wildman–Crippen MR) is 93.8 cm³/mol. The first-order valence-corrected chi connectivity index (χ1v) is 10.4. The molecule has 0 saturated heterocycles. The number of carbonyl (C=O) groups excluding carboxylic acids is 1. The van der Waals surface area contributed by atoms with E-state index in [0.717, 1.165) is 0 Å². The monoisotopic (exact) mass is 384 g/mol. The van der Waals surface area contributed by atoms with Crippen LogP contribution in [0.15, 0.2) is 35.2 Å². The van der Waals surface area contributed by atoms with E-state index < -0.39 is 34.1 Å². The molecule has 3 atom stereocenters. The van der Waals surface area contributed by atoms with E-state index in [0.29, 0.717) is 18.4 Å². The lowest BCUT2D eigenvalue weighted by Crippen LogP contribution is -2.10. The van der Waals surface area contributed by atoms with Crippen molar-refractivity contribution in [3.8, 4) is 0 Å². The summed E-state index contributed by atoms with van der Waals surface area (Å²) >= 11 is 0. The van der Waals surface area contributed by atoms with Crippen LogP contribution < -0.4 is 0 Å². The number of halogens is 2. The minimum absolute atomic E-state index is 0.0260. The van der Waals surface area contributed by atoms with E-state index in [2.05, 4.69) is 0 Å². The smallest absolute Gasteiger partial charge is 0.338 e. The molecule has 0 unspecified atom stereocenters. The van der Waals surface area contributed by atoms with Crippen molar-refractivity contribution in [1.29, 1.82) is 0 Å². The molecule has 0 spiro atoms. The van der Waals surface area contributed by atoms with Gasteiger partial charge in [-0.1, -0.05) is 18.2 Å². The molecular weight excluding hydrogens is 362 g/mol. The van der Waals surface area contributed by atoms with Gasteiger partial charge in [-0.15, -0.1) is 0 Å². The van der Waals surface area contributed by atoms with Gasteiger partial charge in [0.2, 0.25) is 0 Å². The average molecular weight is 384 g/mol. The van der Waals surface area contributed by atoms with E-state index in [1.54, 1.807) is 25.1 Å². The van der Waals surface area contributed by atoms with Gasteiger partial charge in [-0.05, 0) is 56.2 Å². The zero-order valence-electron chi connectivity index (χ0n) is 14.5. The Morgan fingerprint density at radius 2 is 1.73 bits per heavy atom. The molecule has 0 amide bonds. The summed E-state index contributed by atoms with van der Waals surface area (Å²) in [5.41, 5.74) is 0.699. The number of carbonyl (C=O) groups is 1. The standard InChI is InChI=1S/C19H22F2O4S/c1-2-25-19(22)16(9-12-10-17(20)18(21)11-12)13-3-5-14(6-4-13)26(23,24)15-7-8-15/h3-6,9,12,15,17-18H,2,7-8,10-11H2,1H3/t12-,17+,18-. The van der Waals surface area contributed by atoms with Crippen LogP contribution in [0.25, 0.3) is 5.57 Å². The molecule has 0 radical (unpaired) electrons. The fourth-order valence-electron chi connectivity index (χ4n) is 3.23. The van der Waals surface area contributed by atoms with E-state index in [-0.39, 0.29) is 35.2 Å². The minimum Gasteiger partial charge on any atom is -0.462 e. The van der Waals surface area contributed by atoms with Crippen LogP contribution in [0.2, 0.25) is 0 Å². The summed E-state index contributed by atoms with van der Waals surface area (Å²) in [6.07, 6.45) is -0.0925. The van der Waals surface area contributed by atoms with Crippen molar-refractivity contribution in [2.45, 2.75) is 55.1 Å². The molecule has 1 aromatic rings. The highest BCUT2D eigenvalue weighted by molar-refractivity contribution is 7.92. The van der Waals surface area contributed by atoms with Crippen molar-refractivity contribution < 1.29 is 26.7 Å². The number of sulfone groups is 1. The predicted octanol–water partition coefficient (Wildman–Crippen LogP) is 3.66. The molecule has 2 fully saturated rings. The molecule has 142 valence electrons. The molecule has 26 heavy (non-hydrogen) atoms. The number of allylic oxidation sites excluding steroid dienone is 1. The van der Waals surface area contributed by atoms with Crippen molar-refractivity contribution in [3.05, 3.63) is 35.9 Å². The van der Waals surface area contributed by atoms with E-state index in [1.807, 2.05) is 0 Å². The van der Waals surface area contributed by atoms with Crippen LogP contribution in [0.4, 0.5) is 8.78 Å². The van der Waals surface area contributed by atoms with Gasteiger partial charge >= 0.3 is 5.97 Å². The molecule has 1 aromatic carbocycles. The molecule has 0 aliphatic heterocycles. The van der Waals surface area contributed by atoms with Crippen LogP contribution in [0.3, 0.4) is 0 Å². The van der Waals surface area contributed by atoms with E-state index in [9.17, 15) is 22.0 Å². The molecule has 7 heteroatoms. The van der Waals surface area contributed by atoms with Crippen LogP contribution >= 0.6 is 0 Å². The van der Waals surface area contributed by atoms with Crippen LogP contribution in [0, 0.1) is 5.92 Å². The number of benzene rings is 1. The zero-order chi connectivity index (χ0) is 18.9. The first kappa shape index (κ1) is 19.0. The molecule has 2 saturated carbocycles. The summed E-state index contributed by atoms with van der Waals surface area (Å²) in [6.45, 7) is 1.85. The summed E-state index contributed by atoms with van der Waals surface area (Å²) in [7, 11) is -3.31. The van der Waals surface area contributed by atoms with Gasteiger partial charge < -0.3 is 4.74 Å². The van der Waals surface area contributed by atoms with Gasteiger partial charge in [0.05, 0.1) is 22.3 Å². The zero-order valence-corrected chi connectivity index (χ0v) is 15.3. The molecule has 0 heterocycles. The summed E-state index contributed by atoms with van der Waals surface area (Å²) in [5, 5.41) is -0.310. The van der Waals surface area contributed by atoms with Gasteiger partial charge in [-0.25, -0.2) is 22.0 Å². The van der Waals surface area contributed by atoms with Crippen molar-refractivity contribution in [1.82, 2.24) is 0 Å². The largest absolute Gasteiger partial charge is 0.462 e. The van der Waals surface area contributed by atoms with Gasteiger partial charge in [-0.3, -0.25) is 0 Å². The second-order valence-electron chi connectivity index (χ2n) is 6.83. The third-order valence-corrected chi connectivity index (χ3v) is 7.08. The highest BCUT2D eigenvalue weighted by Gasteiger charge is 2.37. The molecule has 2 aliphatic carbocycles. The minimum atomic E-state index is -3.31. The number of hydrogen-bond donors (Lipinski definition) is 0. The Bertz CT molecular complexity index is 787. The highest BCUT2D eigenvalue weighted by Crippen LogP contribution is 2.35. The Hall–Kier alpha value is -1.76. The van der Waals surface area contributed by atoms with Crippen LogP contribution in [-0.2, 0) is 19.4 Å². The number of ether oxygens (including phenoxy) is 1. The maximum Gasteiger partial charge on any atom is 0.338 e. The third kappa shape index (κ3) is 3.98. The van der Waals surface area contributed by atoms with Gasteiger partial charge in [-0.2, -0.15) is 0 Å². The normalized spacial score (nSPS) is 26.7. The second-order valence-corrected chi connectivity index (χ2v) is 9.06. The molecule has 0 aromatic heterocycles. The summed E-state index contributed by atoms with van der Waals surface area (Å²) < 4.78 is 56.5. The lowest BCUT2D eigenvalue weighted by molar-refractivity contribution is -0.136. The topological polar surface area (TPSA) is 60.4 Å². The van der Waals surface area contributed by atoms with E-state index in [1.165, 1.54) is 12.1 Å². The lowest BCUT2D eigenvalue weighted by atomic mass is 9.98. The number of rotatable bonds is 6. The van der Waals surface area contributed by atoms with Crippen LogP contribution in [0.1, 0.15) is 38.2 Å². The molecule has 0 bridgehead atoms. The fraction of sp³-hybridized carbons (Fsp3) is 0.526. The molecule has 0 N–H and O–H groups in total. The quantitative estimate of drug-likeness (QED) is 0.555. The molecule has 3 rings (SSSR count). The maximum atomic E-state index is 13.4. The van der Waals surface area contributed by atoms with Gasteiger partial charge in [0.25, 0.3) is 0 Å². The Labute approximate surface area is 152 Å².